The van der Waals surface area contributed by atoms with Crippen LogP contribution in [-0.2, 0) is 19.6 Å². The Labute approximate surface area is 165 Å². The van der Waals surface area contributed by atoms with Gasteiger partial charge in [-0.25, -0.2) is 12.8 Å². The minimum atomic E-state index is -3.70. The summed E-state index contributed by atoms with van der Waals surface area (Å²) in [5.74, 6) is -0.424. The average molecular weight is 411 g/mol. The van der Waals surface area contributed by atoms with Gasteiger partial charge in [0.25, 0.3) is 0 Å². The average Bonchev–Trinajstić information content (AvgIpc) is 2.94. The molecule has 0 N–H and O–H groups in total. The molecule has 2 aliphatic heterocycles. The number of rotatable bonds is 6. The van der Waals surface area contributed by atoms with E-state index in [-0.39, 0.29) is 36.2 Å². The zero-order valence-electron chi connectivity index (χ0n) is 16.2. The highest BCUT2D eigenvalue weighted by Gasteiger charge is 2.43. The normalized spacial score (nSPS) is 22.4. The zero-order chi connectivity index (χ0) is 20.5. The van der Waals surface area contributed by atoms with Gasteiger partial charge in [0.2, 0.25) is 21.8 Å². The van der Waals surface area contributed by atoms with Gasteiger partial charge in [-0.2, -0.15) is 4.31 Å². The van der Waals surface area contributed by atoms with Crippen LogP contribution >= 0.6 is 0 Å². The fraction of sp³-hybridized carbons (Fsp3) is 0.579. The van der Waals surface area contributed by atoms with Gasteiger partial charge in [-0.15, -0.1) is 0 Å². The van der Waals surface area contributed by atoms with Crippen molar-refractivity contribution in [2.75, 3.05) is 32.7 Å². The number of halogens is 1. The van der Waals surface area contributed by atoms with Gasteiger partial charge < -0.3 is 0 Å². The number of benzene rings is 1. The van der Waals surface area contributed by atoms with Gasteiger partial charge >= 0.3 is 0 Å². The summed E-state index contributed by atoms with van der Waals surface area (Å²) in [6, 6.07) is 4.25. The van der Waals surface area contributed by atoms with Crippen molar-refractivity contribution in [3.63, 3.8) is 0 Å². The SMILES string of the molecule is CC(C)CCN1C(=O)C[C@@H](N2CCN(S(=O)(=O)c3ccc(F)cc3)CC2)C1=O. The van der Waals surface area contributed by atoms with Crippen molar-refractivity contribution in [3.8, 4) is 0 Å². The summed E-state index contributed by atoms with van der Waals surface area (Å²) in [7, 11) is -3.70. The van der Waals surface area contributed by atoms with Crippen molar-refractivity contribution in [2.45, 2.75) is 37.6 Å². The standard InChI is InChI=1S/C19H26FN3O4S/c1-14(2)7-8-23-18(24)13-17(19(23)25)21-9-11-22(12-10-21)28(26,27)16-5-3-15(20)4-6-16/h3-6,14,17H,7-13H2,1-2H3/t17-/m1/s1. The Kier molecular flexibility index (Phi) is 6.16. The summed E-state index contributed by atoms with van der Waals surface area (Å²) < 4.78 is 39.8. The first-order valence-electron chi connectivity index (χ1n) is 9.54. The maximum absolute atomic E-state index is 13.1. The highest BCUT2D eigenvalue weighted by molar-refractivity contribution is 7.89. The Morgan fingerprint density at radius 1 is 1.07 bits per heavy atom. The first-order chi connectivity index (χ1) is 13.2. The molecule has 1 aromatic rings. The molecule has 2 saturated heterocycles. The van der Waals surface area contributed by atoms with Crippen LogP contribution in [0.3, 0.4) is 0 Å². The number of nitrogens with zero attached hydrogens (tertiary/aromatic N) is 3. The van der Waals surface area contributed by atoms with Gasteiger partial charge in [0.05, 0.1) is 17.4 Å². The highest BCUT2D eigenvalue weighted by Crippen LogP contribution is 2.23. The minimum Gasteiger partial charge on any atom is -0.289 e. The van der Waals surface area contributed by atoms with E-state index in [1.165, 1.54) is 21.3 Å². The topological polar surface area (TPSA) is 78.0 Å². The molecule has 1 atom stereocenters. The Balaban J connectivity index is 1.61. The van der Waals surface area contributed by atoms with Crippen LogP contribution < -0.4 is 0 Å². The lowest BCUT2D eigenvalue weighted by atomic mass is 10.1. The molecule has 2 heterocycles. The van der Waals surface area contributed by atoms with E-state index in [1.807, 2.05) is 18.7 Å². The van der Waals surface area contributed by atoms with Crippen LogP contribution in [0.2, 0.25) is 0 Å². The first kappa shape index (κ1) is 20.9. The number of carbonyl (C=O) groups is 2. The van der Waals surface area contributed by atoms with Crippen molar-refractivity contribution in [2.24, 2.45) is 5.92 Å². The third-order valence-corrected chi connectivity index (χ3v) is 7.23. The molecule has 2 amide bonds. The summed E-state index contributed by atoms with van der Waals surface area (Å²) in [4.78, 5) is 28.2. The van der Waals surface area contributed by atoms with E-state index >= 15 is 0 Å². The number of imide groups is 1. The maximum atomic E-state index is 13.1. The molecule has 154 valence electrons. The number of hydrogen-bond acceptors (Lipinski definition) is 5. The van der Waals surface area contributed by atoms with Crippen LogP contribution in [-0.4, -0.2) is 73.1 Å². The van der Waals surface area contributed by atoms with E-state index in [4.69, 9.17) is 0 Å². The predicted octanol–water partition coefficient (Wildman–Crippen LogP) is 1.31. The van der Waals surface area contributed by atoms with Crippen LogP contribution in [0, 0.1) is 11.7 Å². The minimum absolute atomic E-state index is 0.0503. The van der Waals surface area contributed by atoms with Crippen LogP contribution in [0.15, 0.2) is 29.2 Å². The monoisotopic (exact) mass is 411 g/mol. The van der Waals surface area contributed by atoms with Gasteiger partial charge in [0.15, 0.2) is 0 Å². The molecular weight excluding hydrogens is 385 g/mol. The number of amides is 2. The van der Waals surface area contributed by atoms with E-state index in [2.05, 4.69) is 0 Å². The third kappa shape index (κ3) is 4.26. The lowest BCUT2D eigenvalue weighted by molar-refractivity contribution is -0.140. The molecule has 1 aromatic carbocycles. The molecule has 0 spiro atoms. The molecular formula is C19H26FN3O4S. The second-order valence-corrected chi connectivity index (χ2v) is 9.62. The summed E-state index contributed by atoms with van der Waals surface area (Å²) in [6.07, 6.45) is 0.926. The van der Waals surface area contributed by atoms with E-state index in [1.54, 1.807) is 0 Å². The number of sulfonamides is 1. The van der Waals surface area contributed by atoms with Crippen molar-refractivity contribution < 1.29 is 22.4 Å². The van der Waals surface area contributed by atoms with E-state index in [9.17, 15) is 22.4 Å². The summed E-state index contributed by atoms with van der Waals surface area (Å²) in [5, 5.41) is 0. The fourth-order valence-corrected chi connectivity index (χ4v) is 5.01. The van der Waals surface area contributed by atoms with Gasteiger partial charge in [0, 0.05) is 32.7 Å². The lowest BCUT2D eigenvalue weighted by Gasteiger charge is -2.36. The Hall–Kier alpha value is -1.84. The van der Waals surface area contributed by atoms with Crippen molar-refractivity contribution in [1.29, 1.82) is 0 Å². The Morgan fingerprint density at radius 2 is 1.68 bits per heavy atom. The zero-order valence-corrected chi connectivity index (χ0v) is 17.0. The lowest BCUT2D eigenvalue weighted by Crippen LogP contribution is -2.53. The van der Waals surface area contributed by atoms with Gasteiger partial charge in [0.1, 0.15) is 5.82 Å². The number of hydrogen-bond donors (Lipinski definition) is 0. The van der Waals surface area contributed by atoms with Crippen LogP contribution in [0.5, 0.6) is 0 Å². The van der Waals surface area contributed by atoms with Gasteiger partial charge in [-0.3, -0.25) is 19.4 Å². The molecule has 2 fully saturated rings. The molecule has 9 heteroatoms. The molecule has 0 bridgehead atoms. The number of likely N-dealkylation sites (tertiary alicyclic amines) is 1. The summed E-state index contributed by atoms with van der Waals surface area (Å²) in [6.45, 7) is 5.73. The summed E-state index contributed by atoms with van der Waals surface area (Å²) in [5.41, 5.74) is 0. The molecule has 28 heavy (non-hydrogen) atoms. The molecule has 0 radical (unpaired) electrons. The maximum Gasteiger partial charge on any atom is 0.247 e. The predicted molar refractivity (Wildman–Crippen MR) is 101 cm³/mol. The molecule has 0 saturated carbocycles. The fourth-order valence-electron chi connectivity index (χ4n) is 3.58. The molecule has 0 aromatic heterocycles. The molecule has 0 aliphatic carbocycles. The van der Waals surface area contributed by atoms with E-state index in [0.29, 0.717) is 25.6 Å². The van der Waals surface area contributed by atoms with Crippen molar-refractivity contribution in [1.82, 2.24) is 14.1 Å². The van der Waals surface area contributed by atoms with Crippen LogP contribution in [0.25, 0.3) is 0 Å². The second-order valence-electron chi connectivity index (χ2n) is 7.68. The molecule has 7 nitrogen and oxygen atoms in total. The Bertz CT molecular complexity index is 833. The largest absolute Gasteiger partial charge is 0.289 e. The number of piperazine rings is 1. The Morgan fingerprint density at radius 3 is 2.25 bits per heavy atom. The van der Waals surface area contributed by atoms with E-state index in [0.717, 1.165) is 18.6 Å². The molecule has 0 unspecified atom stereocenters. The number of carbonyl (C=O) groups excluding carboxylic acids is 2. The third-order valence-electron chi connectivity index (χ3n) is 5.32. The van der Waals surface area contributed by atoms with Gasteiger partial charge in [-0.1, -0.05) is 13.8 Å². The second kappa shape index (κ2) is 8.26. The molecule has 2 aliphatic rings. The van der Waals surface area contributed by atoms with Crippen LogP contribution in [0.1, 0.15) is 26.7 Å². The van der Waals surface area contributed by atoms with E-state index < -0.39 is 21.9 Å². The van der Waals surface area contributed by atoms with Crippen molar-refractivity contribution >= 4 is 21.8 Å². The quantitative estimate of drug-likeness (QED) is 0.660. The molecule has 3 rings (SSSR count). The van der Waals surface area contributed by atoms with Crippen LogP contribution in [0.4, 0.5) is 4.39 Å². The summed E-state index contributed by atoms with van der Waals surface area (Å²) >= 11 is 0. The smallest absolute Gasteiger partial charge is 0.247 e. The van der Waals surface area contributed by atoms with Crippen molar-refractivity contribution in [3.05, 3.63) is 30.1 Å². The highest BCUT2D eigenvalue weighted by atomic mass is 32.2. The van der Waals surface area contributed by atoms with Gasteiger partial charge in [-0.05, 0) is 36.6 Å². The first-order valence-corrected chi connectivity index (χ1v) is 11.0.